The summed E-state index contributed by atoms with van der Waals surface area (Å²) < 4.78 is 62.9. The molecular formula is C16H17F3N2O3S. The lowest BCUT2D eigenvalue weighted by molar-refractivity contribution is -0.137. The molecule has 25 heavy (non-hydrogen) atoms. The van der Waals surface area contributed by atoms with E-state index in [0.717, 1.165) is 12.1 Å². The number of hydrogen-bond donors (Lipinski definition) is 2. The van der Waals surface area contributed by atoms with Gasteiger partial charge in [0.1, 0.15) is 5.60 Å². The van der Waals surface area contributed by atoms with Crippen molar-refractivity contribution in [1.82, 2.24) is 4.98 Å². The highest BCUT2D eigenvalue weighted by molar-refractivity contribution is 7.91. The van der Waals surface area contributed by atoms with Crippen LogP contribution in [0.3, 0.4) is 0 Å². The Kier molecular flexibility index (Phi) is 4.65. The molecule has 2 aromatic rings. The van der Waals surface area contributed by atoms with E-state index in [1.165, 1.54) is 19.9 Å². The van der Waals surface area contributed by atoms with Gasteiger partial charge >= 0.3 is 6.18 Å². The summed E-state index contributed by atoms with van der Waals surface area (Å²) in [6.07, 6.45) is -4.70. The Morgan fingerprint density at radius 2 is 1.92 bits per heavy atom. The predicted molar refractivity (Wildman–Crippen MR) is 86.7 cm³/mol. The summed E-state index contributed by atoms with van der Waals surface area (Å²) in [5.41, 5.74) is -2.83. The highest BCUT2D eigenvalue weighted by Crippen LogP contribution is 2.37. The first-order valence-corrected chi connectivity index (χ1v) is 9.21. The normalized spacial score (nSPS) is 15.1. The monoisotopic (exact) mass is 374 g/mol. The number of nitriles is 1. The van der Waals surface area contributed by atoms with Crippen molar-refractivity contribution < 1.29 is 26.7 Å². The van der Waals surface area contributed by atoms with Gasteiger partial charge in [0.25, 0.3) is 0 Å². The lowest BCUT2D eigenvalue weighted by Gasteiger charge is -2.22. The maximum Gasteiger partial charge on any atom is 0.417 e. The zero-order chi connectivity index (χ0) is 19.2. The number of aliphatic hydroxyl groups is 1. The number of fused-ring (bicyclic) bond motifs is 1. The number of benzene rings is 1. The molecule has 1 aromatic carbocycles. The number of nitrogens with zero attached hydrogens (tertiary/aromatic N) is 1. The number of aromatic amines is 1. The molecule has 1 aromatic heterocycles. The molecule has 0 aliphatic heterocycles. The molecule has 1 atom stereocenters. The maximum absolute atomic E-state index is 13.1. The molecule has 0 fully saturated rings. The Balaban J connectivity index is 2.69. The van der Waals surface area contributed by atoms with Crippen molar-refractivity contribution in [3.63, 3.8) is 0 Å². The molecule has 0 bridgehead atoms. The number of sulfone groups is 1. The van der Waals surface area contributed by atoms with Crippen molar-refractivity contribution in [2.75, 3.05) is 11.5 Å². The molecule has 5 nitrogen and oxygen atoms in total. The number of halogens is 3. The van der Waals surface area contributed by atoms with Crippen LogP contribution >= 0.6 is 0 Å². The first-order chi connectivity index (χ1) is 11.3. The summed E-state index contributed by atoms with van der Waals surface area (Å²) >= 11 is 0. The van der Waals surface area contributed by atoms with Crippen LogP contribution in [-0.2, 0) is 21.6 Å². The molecule has 0 radical (unpaired) electrons. The molecule has 0 spiro atoms. The zero-order valence-electron chi connectivity index (χ0n) is 13.8. The Morgan fingerprint density at radius 1 is 1.32 bits per heavy atom. The zero-order valence-corrected chi connectivity index (χ0v) is 14.6. The third-order valence-corrected chi connectivity index (χ3v) is 5.98. The lowest BCUT2D eigenvalue weighted by Crippen LogP contribution is -2.33. The van der Waals surface area contributed by atoms with Crippen LogP contribution in [0.25, 0.3) is 10.9 Å². The smallest absolute Gasteiger partial charge is 0.383 e. The Morgan fingerprint density at radius 3 is 2.40 bits per heavy atom. The second kappa shape index (κ2) is 6.04. The fraction of sp³-hybridized carbons (Fsp3) is 0.438. The van der Waals surface area contributed by atoms with E-state index in [4.69, 9.17) is 5.26 Å². The molecule has 1 heterocycles. The van der Waals surface area contributed by atoms with Gasteiger partial charge in [-0.3, -0.25) is 0 Å². The van der Waals surface area contributed by atoms with Crippen LogP contribution in [0.2, 0.25) is 0 Å². The minimum Gasteiger partial charge on any atom is -0.383 e. The van der Waals surface area contributed by atoms with Gasteiger partial charge in [-0.05, 0) is 31.5 Å². The van der Waals surface area contributed by atoms with E-state index >= 15 is 0 Å². The van der Waals surface area contributed by atoms with Gasteiger partial charge in [0.15, 0.2) is 9.84 Å². The van der Waals surface area contributed by atoms with E-state index in [2.05, 4.69) is 4.98 Å². The van der Waals surface area contributed by atoms with Gasteiger partial charge in [0.2, 0.25) is 0 Å². The Bertz CT molecular complexity index is 967. The number of rotatable bonds is 4. The Labute approximate surface area is 143 Å². The fourth-order valence-corrected chi connectivity index (χ4v) is 4.05. The molecule has 0 amide bonds. The van der Waals surface area contributed by atoms with Gasteiger partial charge < -0.3 is 10.1 Å². The molecule has 136 valence electrons. The van der Waals surface area contributed by atoms with Crippen molar-refractivity contribution in [2.45, 2.75) is 32.5 Å². The summed E-state index contributed by atoms with van der Waals surface area (Å²) in [6.45, 7) is 4.28. The molecule has 2 rings (SSSR count). The molecule has 0 saturated carbocycles. The van der Waals surface area contributed by atoms with Gasteiger partial charge in [-0.1, -0.05) is 6.92 Å². The van der Waals surface area contributed by atoms with Gasteiger partial charge in [0, 0.05) is 16.7 Å². The number of aryl methyl sites for hydroxylation is 1. The summed E-state index contributed by atoms with van der Waals surface area (Å²) in [4.78, 5) is 2.69. The van der Waals surface area contributed by atoms with Crippen molar-refractivity contribution in [2.24, 2.45) is 0 Å². The average molecular weight is 374 g/mol. The lowest BCUT2D eigenvalue weighted by atomic mass is 9.98. The van der Waals surface area contributed by atoms with Gasteiger partial charge in [-0.15, -0.1) is 0 Å². The van der Waals surface area contributed by atoms with Crippen LogP contribution in [0, 0.1) is 18.3 Å². The summed E-state index contributed by atoms with van der Waals surface area (Å²) in [5, 5.41) is 19.9. The predicted octanol–water partition coefficient (Wildman–Crippen LogP) is 3.01. The minimum absolute atomic E-state index is 0.0768. The molecule has 0 aliphatic carbocycles. The average Bonchev–Trinajstić information content (AvgIpc) is 2.81. The second-order valence-electron chi connectivity index (χ2n) is 6.13. The van der Waals surface area contributed by atoms with Crippen LogP contribution in [0.4, 0.5) is 13.2 Å². The van der Waals surface area contributed by atoms with Crippen molar-refractivity contribution in [1.29, 1.82) is 5.26 Å². The molecule has 9 heteroatoms. The number of alkyl halides is 3. The van der Waals surface area contributed by atoms with E-state index in [9.17, 15) is 26.7 Å². The van der Waals surface area contributed by atoms with E-state index < -0.39 is 38.5 Å². The first kappa shape index (κ1) is 19.3. The minimum atomic E-state index is -4.70. The fourth-order valence-electron chi connectivity index (χ4n) is 2.84. The van der Waals surface area contributed by atoms with Crippen LogP contribution in [-0.4, -0.2) is 30.0 Å². The molecule has 0 unspecified atom stereocenters. The standard InChI is InChI=1S/C16H17F3N2O3S/c1-4-25(23,24)8-15(3,22)14-9(2)11-5-10(7-20)12(16(17,18)19)6-13(11)21-14/h5-6,21-22H,4,8H2,1-3H3/t15-/m0/s1. The molecular weight excluding hydrogens is 357 g/mol. The van der Waals surface area contributed by atoms with E-state index in [1.807, 2.05) is 0 Å². The van der Waals surface area contributed by atoms with E-state index in [-0.39, 0.29) is 17.0 Å². The van der Waals surface area contributed by atoms with Crippen LogP contribution in [0.15, 0.2) is 12.1 Å². The summed E-state index contributed by atoms with van der Waals surface area (Å²) in [7, 11) is -3.53. The summed E-state index contributed by atoms with van der Waals surface area (Å²) in [5.74, 6) is -0.735. The van der Waals surface area contributed by atoms with Crippen LogP contribution < -0.4 is 0 Å². The highest BCUT2D eigenvalue weighted by atomic mass is 32.2. The van der Waals surface area contributed by atoms with E-state index in [1.54, 1.807) is 6.92 Å². The third-order valence-electron chi connectivity index (χ3n) is 4.10. The third kappa shape index (κ3) is 3.65. The number of nitrogens with one attached hydrogen (secondary N) is 1. The van der Waals surface area contributed by atoms with Crippen molar-refractivity contribution >= 4 is 20.7 Å². The maximum atomic E-state index is 13.1. The second-order valence-corrected chi connectivity index (χ2v) is 8.48. The summed E-state index contributed by atoms with van der Waals surface area (Å²) in [6, 6.07) is 3.42. The Hall–Kier alpha value is -2.05. The van der Waals surface area contributed by atoms with Crippen molar-refractivity contribution in [3.8, 4) is 6.07 Å². The molecule has 2 N–H and O–H groups in total. The number of hydrogen-bond acceptors (Lipinski definition) is 4. The van der Waals surface area contributed by atoms with Gasteiger partial charge in [-0.25, -0.2) is 8.42 Å². The van der Waals surface area contributed by atoms with Crippen LogP contribution in [0.1, 0.15) is 36.2 Å². The largest absolute Gasteiger partial charge is 0.417 e. The topological polar surface area (TPSA) is 93.9 Å². The van der Waals surface area contributed by atoms with Gasteiger partial charge in [-0.2, -0.15) is 18.4 Å². The van der Waals surface area contributed by atoms with Crippen molar-refractivity contribution in [3.05, 3.63) is 34.5 Å². The quantitative estimate of drug-likeness (QED) is 0.860. The SMILES string of the molecule is CCS(=O)(=O)C[C@](C)(O)c1[nH]c2cc(C(F)(F)F)c(C#N)cc2c1C. The van der Waals surface area contributed by atoms with Crippen LogP contribution in [0.5, 0.6) is 0 Å². The van der Waals surface area contributed by atoms with Gasteiger partial charge in [0.05, 0.1) is 28.6 Å². The molecule has 0 aliphatic rings. The number of H-pyrrole nitrogens is 1. The van der Waals surface area contributed by atoms with E-state index in [0.29, 0.717) is 10.9 Å². The highest BCUT2D eigenvalue weighted by Gasteiger charge is 2.36. The first-order valence-electron chi connectivity index (χ1n) is 7.39. The molecule has 0 saturated heterocycles. The number of aromatic nitrogens is 1.